The van der Waals surface area contributed by atoms with E-state index in [0.717, 1.165) is 4.73 Å². The maximum atomic E-state index is 11.3. The summed E-state index contributed by atoms with van der Waals surface area (Å²) >= 11 is 0. The van der Waals surface area contributed by atoms with Crippen LogP contribution in [0, 0.1) is 0 Å². The zero-order valence-electron chi connectivity index (χ0n) is 7.47. The van der Waals surface area contributed by atoms with Crippen LogP contribution in [0.15, 0.2) is 24.5 Å². The number of rotatable bonds is 1. The maximum absolute atomic E-state index is 11.3. The molecular weight excluding hydrogens is 184 g/mol. The summed E-state index contributed by atoms with van der Waals surface area (Å²) in [6.07, 6.45) is 2.87. The fourth-order valence-electron chi connectivity index (χ4n) is 1.31. The first-order chi connectivity index (χ1) is 6.74. The molecule has 0 unspecified atom stereocenters. The molecule has 1 N–H and O–H groups in total. The zero-order valence-corrected chi connectivity index (χ0v) is 7.47. The van der Waals surface area contributed by atoms with Crippen LogP contribution in [0.5, 0.6) is 0 Å². The smallest absolute Gasteiger partial charge is 0.338 e. The Labute approximate surface area is 79.9 Å². The number of esters is 1. The topological polar surface area (TPSA) is 64.3 Å². The van der Waals surface area contributed by atoms with Gasteiger partial charge in [0.15, 0.2) is 5.82 Å². The molecule has 0 aromatic carbocycles. The molecule has 2 aliphatic rings. The molecule has 0 saturated carbocycles. The lowest BCUT2D eigenvalue weighted by atomic mass is 10.1. The summed E-state index contributed by atoms with van der Waals surface area (Å²) in [4.78, 5) is 15.2. The van der Waals surface area contributed by atoms with E-state index in [1.54, 1.807) is 6.07 Å². The monoisotopic (exact) mass is 192 g/mol. The molecule has 0 aromatic rings. The molecule has 14 heavy (non-hydrogen) atoms. The van der Waals surface area contributed by atoms with Gasteiger partial charge < -0.3 is 9.94 Å². The third-order valence-corrected chi connectivity index (χ3v) is 1.97. The molecule has 5 nitrogen and oxygen atoms in total. The third-order valence-electron chi connectivity index (χ3n) is 1.97. The van der Waals surface area contributed by atoms with Crippen LogP contribution in [0.25, 0.3) is 11.4 Å². The first-order valence-electron chi connectivity index (χ1n) is 3.97. The molecular formula is C9H8N2O3. The van der Waals surface area contributed by atoms with Crippen LogP contribution in [0.1, 0.15) is 10.4 Å². The largest absolute Gasteiger partial charge is 0.465 e. The summed E-state index contributed by atoms with van der Waals surface area (Å²) in [5, 5.41) is 9.34. The van der Waals surface area contributed by atoms with E-state index in [2.05, 4.69) is 9.72 Å². The van der Waals surface area contributed by atoms with Gasteiger partial charge >= 0.3 is 5.97 Å². The zero-order chi connectivity index (χ0) is 10.1. The van der Waals surface area contributed by atoms with E-state index in [-0.39, 0.29) is 0 Å². The molecule has 2 aliphatic heterocycles. The van der Waals surface area contributed by atoms with Crippen LogP contribution < -0.4 is 0 Å². The number of carbonyl (C=O) groups is 1. The van der Waals surface area contributed by atoms with Crippen LogP contribution in [-0.4, -0.2) is 28.0 Å². The van der Waals surface area contributed by atoms with Crippen molar-refractivity contribution in [2.24, 2.45) is 0 Å². The number of carbonyl (C=O) groups excluding carboxylic acids is 1. The average molecular weight is 192 g/mol. The highest BCUT2D eigenvalue weighted by Crippen LogP contribution is 2.23. The van der Waals surface area contributed by atoms with E-state index in [1.807, 2.05) is 0 Å². The van der Waals surface area contributed by atoms with E-state index < -0.39 is 5.97 Å². The standard InChI is InChI=1S/C9H8N2O3/c1-14-9(12)7-3-5-11(13)8-6(7)2-4-10-8/h2-5,13H,1H3. The van der Waals surface area contributed by atoms with E-state index in [1.165, 1.54) is 25.6 Å². The Balaban J connectivity index is 2.63. The van der Waals surface area contributed by atoms with Crippen molar-refractivity contribution >= 4 is 5.97 Å². The Morgan fingerprint density at radius 1 is 1.57 bits per heavy atom. The maximum Gasteiger partial charge on any atom is 0.338 e. The number of hydrogen-bond acceptors (Lipinski definition) is 4. The van der Waals surface area contributed by atoms with Gasteiger partial charge in [0.2, 0.25) is 0 Å². The van der Waals surface area contributed by atoms with Crippen LogP contribution in [0.4, 0.5) is 0 Å². The number of fused-ring (bicyclic) bond motifs is 1. The number of nitrogens with zero attached hydrogens (tertiary/aromatic N) is 2. The molecule has 0 aliphatic carbocycles. The molecule has 0 amide bonds. The molecule has 0 spiro atoms. The highest BCUT2D eigenvalue weighted by molar-refractivity contribution is 5.96. The van der Waals surface area contributed by atoms with Gasteiger partial charge in [0.25, 0.3) is 0 Å². The second-order valence-corrected chi connectivity index (χ2v) is 2.75. The van der Waals surface area contributed by atoms with Gasteiger partial charge in [0.05, 0.1) is 12.7 Å². The van der Waals surface area contributed by atoms with Gasteiger partial charge in [-0.25, -0.2) is 9.78 Å². The SMILES string of the molecule is COC(=O)c1ccn(O)c2nccc1-2. The Morgan fingerprint density at radius 2 is 2.36 bits per heavy atom. The first-order valence-corrected chi connectivity index (χ1v) is 3.97. The molecule has 0 atom stereocenters. The van der Waals surface area contributed by atoms with Crippen molar-refractivity contribution < 1.29 is 14.7 Å². The molecule has 0 bridgehead atoms. The summed E-state index contributed by atoms with van der Waals surface area (Å²) in [5.74, 6) is -0.100. The lowest BCUT2D eigenvalue weighted by Crippen LogP contribution is -2.07. The lowest BCUT2D eigenvalue weighted by molar-refractivity contribution is 0.0600. The van der Waals surface area contributed by atoms with E-state index in [9.17, 15) is 10.0 Å². The third kappa shape index (κ3) is 1.10. The molecule has 0 saturated heterocycles. The molecule has 0 radical (unpaired) electrons. The fraction of sp³-hybridized carbons (Fsp3) is 0.111. The average Bonchev–Trinajstić information content (AvgIpc) is 2.67. The van der Waals surface area contributed by atoms with Gasteiger partial charge in [-0.1, -0.05) is 0 Å². The highest BCUT2D eigenvalue weighted by atomic mass is 16.5. The predicted molar refractivity (Wildman–Crippen MR) is 47.4 cm³/mol. The molecule has 0 aromatic heterocycles. The van der Waals surface area contributed by atoms with Crippen LogP contribution >= 0.6 is 0 Å². The van der Waals surface area contributed by atoms with Crippen molar-refractivity contribution in [2.75, 3.05) is 7.11 Å². The van der Waals surface area contributed by atoms with Crippen molar-refractivity contribution in [1.82, 2.24) is 9.71 Å². The summed E-state index contributed by atoms with van der Waals surface area (Å²) in [7, 11) is 1.31. The van der Waals surface area contributed by atoms with Gasteiger partial charge in [-0.3, -0.25) is 0 Å². The van der Waals surface area contributed by atoms with Crippen LogP contribution in [0.3, 0.4) is 0 Å². The van der Waals surface area contributed by atoms with Crippen LogP contribution in [0.2, 0.25) is 0 Å². The predicted octanol–water partition coefficient (Wildman–Crippen LogP) is 1.01. The summed E-state index contributed by atoms with van der Waals surface area (Å²) in [6.45, 7) is 0. The number of methoxy groups -OCH3 is 1. The van der Waals surface area contributed by atoms with Gasteiger partial charge in [0, 0.05) is 18.0 Å². The quantitative estimate of drug-likeness (QED) is 0.541. The number of ether oxygens (including phenoxy) is 1. The van der Waals surface area contributed by atoms with Crippen molar-refractivity contribution in [3.63, 3.8) is 0 Å². The second kappa shape index (κ2) is 3.02. The van der Waals surface area contributed by atoms with Crippen molar-refractivity contribution in [2.45, 2.75) is 0 Å². The minimum Gasteiger partial charge on any atom is -0.465 e. The number of aromatic nitrogens is 2. The molecule has 5 heteroatoms. The molecule has 72 valence electrons. The van der Waals surface area contributed by atoms with Crippen molar-refractivity contribution in [1.29, 1.82) is 0 Å². The molecule has 2 rings (SSSR count). The van der Waals surface area contributed by atoms with E-state index in [0.29, 0.717) is 17.0 Å². The Bertz CT molecular complexity index is 450. The minimum absolute atomic E-state index is 0.341. The van der Waals surface area contributed by atoms with Crippen molar-refractivity contribution in [3.05, 3.63) is 30.1 Å². The Kier molecular flexibility index (Phi) is 1.85. The minimum atomic E-state index is -0.441. The Morgan fingerprint density at radius 3 is 3.07 bits per heavy atom. The van der Waals surface area contributed by atoms with E-state index >= 15 is 0 Å². The van der Waals surface area contributed by atoms with Crippen LogP contribution in [-0.2, 0) is 4.74 Å². The van der Waals surface area contributed by atoms with Gasteiger partial charge in [-0.05, 0) is 12.1 Å². The molecule has 0 fully saturated rings. The van der Waals surface area contributed by atoms with E-state index in [4.69, 9.17) is 0 Å². The summed E-state index contributed by atoms with van der Waals surface area (Å²) < 4.78 is 5.46. The van der Waals surface area contributed by atoms with Crippen molar-refractivity contribution in [3.8, 4) is 11.4 Å². The summed E-state index contributed by atoms with van der Waals surface area (Å²) in [5.41, 5.74) is 0.965. The fourth-order valence-corrected chi connectivity index (χ4v) is 1.31. The number of pyridine rings is 1. The molecule has 2 heterocycles. The van der Waals surface area contributed by atoms with Gasteiger partial charge in [-0.15, -0.1) is 0 Å². The normalized spacial score (nSPS) is 10.4. The van der Waals surface area contributed by atoms with Gasteiger partial charge in [0.1, 0.15) is 0 Å². The lowest BCUT2D eigenvalue weighted by Gasteiger charge is -2.07. The highest BCUT2D eigenvalue weighted by Gasteiger charge is 2.18. The summed E-state index contributed by atoms with van der Waals surface area (Å²) in [6, 6.07) is 3.13. The first kappa shape index (κ1) is 8.55. The Hall–Kier alpha value is -2.04. The second-order valence-electron chi connectivity index (χ2n) is 2.75. The van der Waals surface area contributed by atoms with Gasteiger partial charge in [-0.2, -0.15) is 4.73 Å². The number of hydrogen-bond donors (Lipinski definition) is 1.